The molecule has 11 heavy (non-hydrogen) atoms. The minimum Gasteiger partial charge on any atom is -0.328 e. The molecule has 66 valence electrons. The number of quaternary nitrogens is 1. The third-order valence-corrected chi connectivity index (χ3v) is 2.04. The Bertz CT molecular complexity index is 108. The first-order valence-corrected chi connectivity index (χ1v) is 4.26. The molecule has 0 aliphatic heterocycles. The highest BCUT2D eigenvalue weighted by Gasteiger charge is 2.09. The van der Waals surface area contributed by atoms with Crippen LogP contribution in [-0.2, 0) is 0 Å². The first kappa shape index (κ1) is 10.7. The highest BCUT2D eigenvalue weighted by molar-refractivity contribution is 4.68. The van der Waals surface area contributed by atoms with Crippen molar-refractivity contribution < 1.29 is 4.48 Å². The first-order chi connectivity index (χ1) is 5.12. The average molecular weight is 157 g/mol. The Morgan fingerprint density at radius 1 is 1.45 bits per heavy atom. The maximum Gasteiger partial charge on any atom is 0.0909 e. The van der Waals surface area contributed by atoms with Crippen molar-refractivity contribution in [2.75, 3.05) is 40.3 Å². The third kappa shape index (κ3) is 6.07. The summed E-state index contributed by atoms with van der Waals surface area (Å²) >= 11 is 0. The summed E-state index contributed by atoms with van der Waals surface area (Å²) in [6, 6.07) is 0. The zero-order valence-electron chi connectivity index (χ0n) is 8.06. The van der Waals surface area contributed by atoms with Gasteiger partial charge in [-0.1, -0.05) is 6.08 Å². The molecule has 0 bridgehead atoms. The van der Waals surface area contributed by atoms with Crippen LogP contribution in [0.4, 0.5) is 0 Å². The van der Waals surface area contributed by atoms with Gasteiger partial charge in [-0.3, -0.25) is 0 Å². The Labute approximate surface area is 70.5 Å². The summed E-state index contributed by atoms with van der Waals surface area (Å²) in [5.41, 5.74) is 0. The van der Waals surface area contributed by atoms with Gasteiger partial charge in [-0.05, 0) is 6.92 Å². The normalized spacial score (nSPS) is 11.5. The van der Waals surface area contributed by atoms with Crippen LogP contribution in [0.1, 0.15) is 6.92 Å². The lowest BCUT2D eigenvalue weighted by atomic mass is 10.4. The Morgan fingerprint density at radius 2 is 2.09 bits per heavy atom. The van der Waals surface area contributed by atoms with E-state index in [9.17, 15) is 0 Å². The van der Waals surface area contributed by atoms with Gasteiger partial charge in [-0.2, -0.15) is 0 Å². The van der Waals surface area contributed by atoms with E-state index in [0.717, 1.165) is 17.6 Å². The van der Waals surface area contributed by atoms with E-state index in [1.165, 1.54) is 13.1 Å². The standard InChI is InChI=1S/C9H21N2/c1-5-7-10-8-9-11(3,4)6-2/h5,10H,1,6-9H2,2-4H3/q+1. The van der Waals surface area contributed by atoms with Crippen LogP contribution in [0.2, 0.25) is 0 Å². The molecule has 0 radical (unpaired) electrons. The molecule has 0 rings (SSSR count). The van der Waals surface area contributed by atoms with Crippen LogP contribution in [-0.4, -0.2) is 44.8 Å². The molecule has 0 aliphatic rings. The fourth-order valence-electron chi connectivity index (χ4n) is 0.744. The number of nitrogens with one attached hydrogen (secondary N) is 1. The molecule has 2 heteroatoms. The van der Waals surface area contributed by atoms with E-state index < -0.39 is 0 Å². The van der Waals surface area contributed by atoms with Gasteiger partial charge in [0.2, 0.25) is 0 Å². The van der Waals surface area contributed by atoms with E-state index in [1.807, 2.05) is 6.08 Å². The quantitative estimate of drug-likeness (QED) is 0.342. The summed E-state index contributed by atoms with van der Waals surface area (Å²) in [7, 11) is 4.49. The second-order valence-corrected chi connectivity index (χ2v) is 3.47. The molecule has 0 amide bonds. The SMILES string of the molecule is C=CCNCC[N+](C)(C)CC. The van der Waals surface area contributed by atoms with E-state index in [0.29, 0.717) is 0 Å². The third-order valence-electron chi connectivity index (χ3n) is 2.04. The van der Waals surface area contributed by atoms with Crippen molar-refractivity contribution in [1.29, 1.82) is 0 Å². The maximum atomic E-state index is 3.65. The second kappa shape index (κ2) is 5.33. The van der Waals surface area contributed by atoms with Crippen LogP contribution in [0.5, 0.6) is 0 Å². The van der Waals surface area contributed by atoms with Crippen molar-refractivity contribution in [2.45, 2.75) is 6.92 Å². The van der Waals surface area contributed by atoms with Gasteiger partial charge >= 0.3 is 0 Å². The summed E-state index contributed by atoms with van der Waals surface area (Å²) in [5.74, 6) is 0. The highest BCUT2D eigenvalue weighted by atomic mass is 15.3. The van der Waals surface area contributed by atoms with Crippen molar-refractivity contribution in [1.82, 2.24) is 5.32 Å². The van der Waals surface area contributed by atoms with Crippen molar-refractivity contribution >= 4 is 0 Å². The smallest absolute Gasteiger partial charge is 0.0909 e. The molecule has 0 atom stereocenters. The summed E-state index contributed by atoms with van der Waals surface area (Å²) < 4.78 is 1.09. The molecular formula is C9H21N2+. The van der Waals surface area contributed by atoms with E-state index in [1.54, 1.807) is 0 Å². The van der Waals surface area contributed by atoms with Crippen LogP contribution < -0.4 is 5.32 Å². The molecule has 0 heterocycles. The van der Waals surface area contributed by atoms with E-state index in [-0.39, 0.29) is 0 Å². The van der Waals surface area contributed by atoms with Gasteiger partial charge in [0.1, 0.15) is 0 Å². The molecule has 0 spiro atoms. The van der Waals surface area contributed by atoms with Crippen molar-refractivity contribution in [3.63, 3.8) is 0 Å². The minimum absolute atomic E-state index is 0.920. The van der Waals surface area contributed by atoms with Gasteiger partial charge in [0.15, 0.2) is 0 Å². The monoisotopic (exact) mass is 157 g/mol. The zero-order chi connectivity index (χ0) is 8.74. The predicted octanol–water partition coefficient (Wildman–Crippen LogP) is 0.858. The van der Waals surface area contributed by atoms with E-state index in [4.69, 9.17) is 0 Å². The van der Waals surface area contributed by atoms with E-state index >= 15 is 0 Å². The van der Waals surface area contributed by atoms with Crippen LogP contribution in [0.15, 0.2) is 12.7 Å². The molecule has 0 saturated heterocycles. The van der Waals surface area contributed by atoms with Gasteiger partial charge in [0, 0.05) is 13.1 Å². The molecule has 0 unspecified atom stereocenters. The molecule has 0 aromatic carbocycles. The van der Waals surface area contributed by atoms with Gasteiger partial charge < -0.3 is 9.80 Å². The lowest BCUT2D eigenvalue weighted by Crippen LogP contribution is -2.44. The molecule has 0 aromatic heterocycles. The molecule has 0 saturated carbocycles. The Morgan fingerprint density at radius 3 is 2.55 bits per heavy atom. The highest BCUT2D eigenvalue weighted by Crippen LogP contribution is 1.92. The first-order valence-electron chi connectivity index (χ1n) is 4.26. The van der Waals surface area contributed by atoms with Gasteiger partial charge in [0.05, 0.1) is 27.2 Å². The van der Waals surface area contributed by atoms with Gasteiger partial charge in [-0.15, -0.1) is 6.58 Å². The number of likely N-dealkylation sites (N-methyl/N-ethyl adjacent to an activating group) is 1. The van der Waals surface area contributed by atoms with Crippen molar-refractivity contribution in [3.05, 3.63) is 12.7 Å². The van der Waals surface area contributed by atoms with Crippen molar-refractivity contribution in [2.24, 2.45) is 0 Å². The molecule has 1 N–H and O–H groups in total. The largest absolute Gasteiger partial charge is 0.328 e. The number of hydrogen-bond donors (Lipinski definition) is 1. The van der Waals surface area contributed by atoms with Crippen LogP contribution >= 0.6 is 0 Å². The second-order valence-electron chi connectivity index (χ2n) is 3.47. The van der Waals surface area contributed by atoms with E-state index in [2.05, 4.69) is 32.9 Å². The number of rotatable bonds is 6. The summed E-state index contributed by atoms with van der Waals surface area (Å²) in [6.45, 7) is 10.2. The minimum atomic E-state index is 0.920. The lowest BCUT2D eigenvalue weighted by molar-refractivity contribution is -0.887. The molecule has 2 nitrogen and oxygen atoms in total. The van der Waals surface area contributed by atoms with Crippen molar-refractivity contribution in [3.8, 4) is 0 Å². The number of nitrogens with zero attached hydrogens (tertiary/aromatic N) is 1. The zero-order valence-corrected chi connectivity index (χ0v) is 8.06. The Hall–Kier alpha value is -0.340. The molecular weight excluding hydrogens is 136 g/mol. The maximum absolute atomic E-state index is 3.65. The molecule has 0 fully saturated rings. The van der Waals surface area contributed by atoms with Gasteiger partial charge in [0.25, 0.3) is 0 Å². The summed E-state index contributed by atoms with van der Waals surface area (Å²) in [6.07, 6.45) is 1.89. The predicted molar refractivity (Wildman–Crippen MR) is 50.6 cm³/mol. The van der Waals surface area contributed by atoms with Crippen LogP contribution in [0.3, 0.4) is 0 Å². The summed E-state index contributed by atoms with van der Waals surface area (Å²) in [4.78, 5) is 0. The Kier molecular flexibility index (Phi) is 5.16. The topological polar surface area (TPSA) is 12.0 Å². The molecule has 0 aromatic rings. The average Bonchev–Trinajstić information content (AvgIpc) is 1.99. The number of hydrogen-bond acceptors (Lipinski definition) is 1. The fraction of sp³-hybridized carbons (Fsp3) is 0.778. The Balaban J connectivity index is 3.29. The van der Waals surface area contributed by atoms with Crippen LogP contribution in [0, 0.1) is 0 Å². The van der Waals surface area contributed by atoms with Gasteiger partial charge in [-0.25, -0.2) is 0 Å². The fourth-order valence-corrected chi connectivity index (χ4v) is 0.744. The van der Waals surface area contributed by atoms with Crippen LogP contribution in [0.25, 0.3) is 0 Å². The lowest BCUT2D eigenvalue weighted by Gasteiger charge is -2.28. The molecule has 0 aliphatic carbocycles. The summed E-state index contributed by atoms with van der Waals surface area (Å²) in [5, 5.41) is 3.29.